The monoisotopic (exact) mass is 299 g/mol. The van der Waals surface area contributed by atoms with Gasteiger partial charge in [0.1, 0.15) is 0 Å². The molecular weight excluding hydrogens is 285 g/mol. The van der Waals surface area contributed by atoms with Crippen LogP contribution in [0.5, 0.6) is 0 Å². The highest BCUT2D eigenvalue weighted by Crippen LogP contribution is 2.26. The third-order valence-corrected chi connectivity index (χ3v) is 3.04. The van der Waals surface area contributed by atoms with Crippen molar-refractivity contribution in [1.29, 1.82) is 0 Å². The molecule has 6 heteroatoms. The van der Waals surface area contributed by atoms with Crippen LogP contribution in [0.4, 0.5) is 0 Å². The summed E-state index contributed by atoms with van der Waals surface area (Å²) in [6.07, 6.45) is 0.790. The van der Waals surface area contributed by atoms with E-state index in [0.717, 1.165) is 6.42 Å². The predicted octanol–water partition coefficient (Wildman–Crippen LogP) is 4.09. The van der Waals surface area contributed by atoms with Gasteiger partial charge in [-0.25, -0.2) is 0 Å². The quantitative estimate of drug-likeness (QED) is 0.923. The van der Waals surface area contributed by atoms with Crippen molar-refractivity contribution in [3.63, 3.8) is 0 Å². The first kappa shape index (κ1) is 14.3. The Kier molecular flexibility index (Phi) is 4.45. The van der Waals surface area contributed by atoms with Crippen LogP contribution in [0.2, 0.25) is 10.0 Å². The van der Waals surface area contributed by atoms with Crippen molar-refractivity contribution in [1.82, 2.24) is 10.1 Å². The van der Waals surface area contributed by atoms with E-state index in [1.807, 2.05) is 0 Å². The average Bonchev–Trinajstić information content (AvgIpc) is 2.75. The van der Waals surface area contributed by atoms with Crippen LogP contribution in [0.1, 0.15) is 32.2 Å². The highest BCUT2D eigenvalue weighted by Gasteiger charge is 2.17. The summed E-state index contributed by atoms with van der Waals surface area (Å²) in [6, 6.07) is 4.86. The number of nitrogens with two attached hydrogens (primary N) is 1. The molecule has 0 fully saturated rings. The van der Waals surface area contributed by atoms with Crippen molar-refractivity contribution in [3.8, 4) is 11.4 Å². The fraction of sp³-hybridized carbons (Fsp3) is 0.385. The summed E-state index contributed by atoms with van der Waals surface area (Å²) in [5, 5.41) is 4.97. The molecule has 2 rings (SSSR count). The first-order chi connectivity index (χ1) is 8.95. The minimum atomic E-state index is -0.254. The van der Waals surface area contributed by atoms with E-state index >= 15 is 0 Å². The molecule has 1 aromatic carbocycles. The standard InChI is InChI=1S/C13H15Cl2N3O/c1-7(2)3-11(16)13-17-12(18-19-13)8-4-9(14)6-10(15)5-8/h4-7,11H,3,16H2,1-2H3. The Balaban J connectivity index is 2.25. The lowest BCUT2D eigenvalue weighted by atomic mass is 10.0. The van der Waals surface area contributed by atoms with Crippen molar-refractivity contribution in [2.75, 3.05) is 0 Å². The molecule has 19 heavy (non-hydrogen) atoms. The number of nitrogens with zero attached hydrogens (tertiary/aromatic N) is 2. The number of benzene rings is 1. The van der Waals surface area contributed by atoms with Gasteiger partial charge in [0, 0.05) is 15.6 Å². The number of halogens is 2. The van der Waals surface area contributed by atoms with E-state index in [-0.39, 0.29) is 6.04 Å². The lowest BCUT2D eigenvalue weighted by Crippen LogP contribution is -2.13. The lowest BCUT2D eigenvalue weighted by molar-refractivity contribution is 0.335. The van der Waals surface area contributed by atoms with Gasteiger partial charge in [-0.3, -0.25) is 0 Å². The molecule has 2 aromatic rings. The molecule has 1 aromatic heterocycles. The molecule has 2 N–H and O–H groups in total. The maximum atomic E-state index is 6.00. The van der Waals surface area contributed by atoms with Crippen LogP contribution in [0.15, 0.2) is 22.7 Å². The summed E-state index contributed by atoms with van der Waals surface area (Å²) >= 11 is 11.9. The van der Waals surface area contributed by atoms with Crippen LogP contribution in [0, 0.1) is 5.92 Å². The molecule has 0 saturated heterocycles. The number of rotatable bonds is 4. The normalized spacial score (nSPS) is 12.9. The van der Waals surface area contributed by atoms with Crippen molar-refractivity contribution in [2.24, 2.45) is 11.7 Å². The number of aromatic nitrogens is 2. The Labute approximate surface area is 121 Å². The van der Waals surface area contributed by atoms with Crippen LogP contribution in [-0.4, -0.2) is 10.1 Å². The Bertz CT molecular complexity index is 549. The molecule has 0 spiro atoms. The maximum Gasteiger partial charge on any atom is 0.243 e. The van der Waals surface area contributed by atoms with Crippen LogP contribution < -0.4 is 5.73 Å². The van der Waals surface area contributed by atoms with Crippen LogP contribution in [-0.2, 0) is 0 Å². The van der Waals surface area contributed by atoms with E-state index in [1.165, 1.54) is 0 Å². The predicted molar refractivity (Wildman–Crippen MR) is 76.1 cm³/mol. The molecule has 1 heterocycles. The van der Waals surface area contributed by atoms with Gasteiger partial charge < -0.3 is 10.3 Å². The fourth-order valence-electron chi connectivity index (χ4n) is 1.79. The van der Waals surface area contributed by atoms with Gasteiger partial charge in [-0.05, 0) is 30.5 Å². The molecule has 1 atom stereocenters. The second kappa shape index (κ2) is 5.90. The molecule has 0 bridgehead atoms. The third-order valence-electron chi connectivity index (χ3n) is 2.61. The van der Waals surface area contributed by atoms with Gasteiger partial charge in [-0.2, -0.15) is 4.98 Å². The van der Waals surface area contributed by atoms with E-state index in [1.54, 1.807) is 18.2 Å². The van der Waals surface area contributed by atoms with Crippen molar-refractivity contribution < 1.29 is 4.52 Å². The summed E-state index contributed by atoms with van der Waals surface area (Å²) in [5.41, 5.74) is 6.71. The largest absolute Gasteiger partial charge is 0.337 e. The summed E-state index contributed by atoms with van der Waals surface area (Å²) in [6.45, 7) is 4.18. The molecule has 0 aliphatic rings. The summed E-state index contributed by atoms with van der Waals surface area (Å²) < 4.78 is 5.19. The molecule has 0 amide bonds. The molecule has 0 aliphatic carbocycles. The average molecular weight is 300 g/mol. The van der Waals surface area contributed by atoms with Gasteiger partial charge in [0.15, 0.2) is 0 Å². The topological polar surface area (TPSA) is 64.9 Å². The second-order valence-electron chi connectivity index (χ2n) is 4.85. The van der Waals surface area contributed by atoms with Gasteiger partial charge in [0.25, 0.3) is 0 Å². The van der Waals surface area contributed by atoms with Crippen molar-refractivity contribution in [3.05, 3.63) is 34.1 Å². The first-order valence-corrected chi connectivity index (χ1v) is 6.77. The molecule has 0 saturated carbocycles. The zero-order chi connectivity index (χ0) is 14.0. The van der Waals surface area contributed by atoms with Crippen LogP contribution >= 0.6 is 23.2 Å². The second-order valence-corrected chi connectivity index (χ2v) is 5.72. The Hall–Kier alpha value is -1.10. The van der Waals surface area contributed by atoms with Crippen LogP contribution in [0.3, 0.4) is 0 Å². The third kappa shape index (κ3) is 3.69. The zero-order valence-electron chi connectivity index (χ0n) is 10.7. The van der Waals surface area contributed by atoms with E-state index in [9.17, 15) is 0 Å². The molecule has 1 unspecified atom stereocenters. The van der Waals surface area contributed by atoms with Gasteiger partial charge in [0.2, 0.25) is 11.7 Å². The number of hydrogen-bond acceptors (Lipinski definition) is 4. The minimum Gasteiger partial charge on any atom is -0.337 e. The molecule has 4 nitrogen and oxygen atoms in total. The first-order valence-electron chi connectivity index (χ1n) is 6.01. The Morgan fingerprint density at radius 1 is 1.21 bits per heavy atom. The maximum absolute atomic E-state index is 6.00. The van der Waals surface area contributed by atoms with E-state index in [4.69, 9.17) is 33.5 Å². The molecular formula is C13H15Cl2N3O. The Morgan fingerprint density at radius 3 is 2.42 bits per heavy atom. The lowest BCUT2D eigenvalue weighted by Gasteiger charge is -2.08. The highest BCUT2D eigenvalue weighted by molar-refractivity contribution is 6.35. The molecule has 0 aliphatic heterocycles. The highest BCUT2D eigenvalue weighted by atomic mass is 35.5. The van der Waals surface area contributed by atoms with Gasteiger partial charge >= 0.3 is 0 Å². The fourth-order valence-corrected chi connectivity index (χ4v) is 2.32. The Morgan fingerprint density at radius 2 is 1.84 bits per heavy atom. The van der Waals surface area contributed by atoms with E-state index in [2.05, 4.69) is 24.0 Å². The number of hydrogen-bond donors (Lipinski definition) is 1. The van der Waals surface area contributed by atoms with Gasteiger partial charge in [0.05, 0.1) is 6.04 Å². The van der Waals surface area contributed by atoms with Crippen LogP contribution in [0.25, 0.3) is 11.4 Å². The molecule has 102 valence electrons. The van der Waals surface area contributed by atoms with Gasteiger partial charge in [-0.1, -0.05) is 42.2 Å². The summed E-state index contributed by atoms with van der Waals surface area (Å²) in [4.78, 5) is 4.30. The van der Waals surface area contributed by atoms with Gasteiger partial charge in [-0.15, -0.1) is 0 Å². The van der Waals surface area contributed by atoms with E-state index in [0.29, 0.717) is 33.2 Å². The summed E-state index contributed by atoms with van der Waals surface area (Å²) in [7, 11) is 0. The smallest absolute Gasteiger partial charge is 0.243 e. The van der Waals surface area contributed by atoms with Crippen molar-refractivity contribution >= 4 is 23.2 Å². The zero-order valence-corrected chi connectivity index (χ0v) is 12.2. The minimum absolute atomic E-state index is 0.254. The summed E-state index contributed by atoms with van der Waals surface area (Å²) in [5.74, 6) is 1.34. The molecule has 0 radical (unpaired) electrons. The van der Waals surface area contributed by atoms with E-state index < -0.39 is 0 Å². The SMILES string of the molecule is CC(C)CC(N)c1nc(-c2cc(Cl)cc(Cl)c2)no1. The van der Waals surface area contributed by atoms with Crippen molar-refractivity contribution in [2.45, 2.75) is 26.3 Å².